The SMILES string of the molecule is CC(=O)O[C@H]1[C@H](OCc2ccccc2)[C@@H](N2C(=O)c3ccccc3C2=O)[C@H](O[C@H]2[C@H](OCc3ccccc3)[C@@H](N3C(=O)c4ccccc4C3=O)[C@H](F)O[C@@H]2COCc2ccccc2)O[C@@H]1COCc1ccccc1. The smallest absolute Gasteiger partial charge is 0.303 e. The van der Waals surface area contributed by atoms with Crippen molar-refractivity contribution in [3.8, 4) is 0 Å². The maximum absolute atomic E-state index is 17.4. The standard InChI is InChI=1S/C58H53FN2O13/c1-36(62)71-49-46(35-68-31-38-20-8-3-9-21-38)73-58(48(52(49)70-33-40-24-12-5-13-25-40)61-56(65)43-28-16-17-29-44(43)57(61)66)74-50-45(34-67-30-37-18-6-2-7-19-37)72-53(59)47(51(50)69-32-39-22-10-4-11-23-39)60-54(63)41-26-14-15-27-42(41)55(60)64/h2-29,45-53,58H,30-35H2,1H3/t45-,46-,47-,48-,49-,50-,51-,52-,53-,58+/m1/s1. The Kier molecular flexibility index (Phi) is 15.5. The van der Waals surface area contributed by atoms with E-state index < -0.39 is 91.0 Å². The molecule has 380 valence electrons. The van der Waals surface area contributed by atoms with Crippen LogP contribution < -0.4 is 0 Å². The first-order valence-corrected chi connectivity index (χ1v) is 24.4. The summed E-state index contributed by atoms with van der Waals surface area (Å²) in [6.07, 6.45) is -12.4. The van der Waals surface area contributed by atoms with Crippen molar-refractivity contribution >= 4 is 29.6 Å². The van der Waals surface area contributed by atoms with Crippen molar-refractivity contribution in [1.82, 2.24) is 9.80 Å². The number of hydrogen-bond donors (Lipinski definition) is 0. The molecule has 0 N–H and O–H groups in total. The van der Waals surface area contributed by atoms with E-state index >= 15 is 4.39 Å². The number of nitrogens with zero attached hydrogens (tertiary/aromatic N) is 2. The third-order valence-corrected chi connectivity index (χ3v) is 13.4. The fraction of sp³-hybridized carbons (Fsp3) is 0.293. The summed E-state index contributed by atoms with van der Waals surface area (Å²) in [7, 11) is 0. The van der Waals surface area contributed by atoms with Crippen LogP contribution in [-0.4, -0.2) is 114 Å². The summed E-state index contributed by atoms with van der Waals surface area (Å²) in [4.78, 5) is 73.4. The molecule has 10 atom stereocenters. The van der Waals surface area contributed by atoms with E-state index in [4.69, 9.17) is 37.9 Å². The first kappa shape index (κ1) is 50.3. The minimum absolute atomic E-state index is 0.0619. The summed E-state index contributed by atoms with van der Waals surface area (Å²) in [6, 6.07) is 45.9. The van der Waals surface area contributed by atoms with Gasteiger partial charge in [0, 0.05) is 6.92 Å². The fourth-order valence-corrected chi connectivity index (χ4v) is 9.95. The van der Waals surface area contributed by atoms with Crippen LogP contribution in [0.5, 0.6) is 0 Å². The van der Waals surface area contributed by atoms with E-state index in [0.717, 1.165) is 20.9 Å². The number of benzene rings is 6. The number of fused-ring (bicyclic) bond motifs is 2. The molecular formula is C58H53FN2O13. The van der Waals surface area contributed by atoms with Crippen LogP contribution in [0.25, 0.3) is 0 Å². The van der Waals surface area contributed by atoms with Crippen molar-refractivity contribution in [2.45, 2.75) is 94.7 Å². The molecule has 6 aromatic carbocycles. The van der Waals surface area contributed by atoms with Crippen LogP contribution in [0.1, 0.15) is 70.6 Å². The highest BCUT2D eigenvalue weighted by Gasteiger charge is 2.60. The van der Waals surface area contributed by atoms with Crippen molar-refractivity contribution in [2.24, 2.45) is 0 Å². The Labute approximate surface area is 426 Å². The van der Waals surface area contributed by atoms with Crippen LogP contribution in [0.4, 0.5) is 4.39 Å². The predicted octanol–water partition coefficient (Wildman–Crippen LogP) is 7.66. The number of rotatable bonds is 19. The monoisotopic (exact) mass is 1000 g/mol. The normalized spacial score (nSPS) is 25.5. The topological polar surface area (TPSA) is 166 Å². The van der Waals surface area contributed by atoms with Gasteiger partial charge in [0.2, 0.25) is 6.36 Å². The van der Waals surface area contributed by atoms with E-state index in [1.54, 1.807) is 48.5 Å². The van der Waals surface area contributed by atoms with Crippen LogP contribution in [0.3, 0.4) is 0 Å². The number of alkyl halides is 1. The molecule has 0 saturated carbocycles. The molecule has 74 heavy (non-hydrogen) atoms. The molecule has 2 saturated heterocycles. The minimum atomic E-state index is -2.35. The molecule has 15 nitrogen and oxygen atoms in total. The van der Waals surface area contributed by atoms with Crippen molar-refractivity contribution in [2.75, 3.05) is 13.2 Å². The number of carbonyl (C=O) groups is 5. The van der Waals surface area contributed by atoms with Gasteiger partial charge in [-0.3, -0.25) is 33.8 Å². The molecule has 4 heterocycles. The Morgan fingerprint density at radius 2 is 0.811 bits per heavy atom. The molecule has 2 fully saturated rings. The molecule has 4 amide bonds. The van der Waals surface area contributed by atoms with Crippen LogP contribution in [0.2, 0.25) is 0 Å². The van der Waals surface area contributed by atoms with Crippen LogP contribution in [0, 0.1) is 0 Å². The lowest BCUT2D eigenvalue weighted by Crippen LogP contribution is -2.70. The molecule has 0 bridgehead atoms. The van der Waals surface area contributed by atoms with E-state index in [1.165, 1.54) is 31.2 Å². The van der Waals surface area contributed by atoms with E-state index in [0.29, 0.717) is 11.1 Å². The quantitative estimate of drug-likeness (QED) is 0.0574. The Morgan fingerprint density at radius 3 is 1.22 bits per heavy atom. The number of amides is 4. The third kappa shape index (κ3) is 10.7. The highest BCUT2D eigenvalue weighted by Crippen LogP contribution is 2.41. The molecule has 0 aliphatic carbocycles. The minimum Gasteiger partial charge on any atom is -0.457 e. The zero-order valence-corrected chi connectivity index (χ0v) is 40.3. The number of hydrogen-bond acceptors (Lipinski definition) is 13. The van der Waals surface area contributed by atoms with Gasteiger partial charge in [0.1, 0.15) is 42.6 Å². The molecule has 0 radical (unpaired) electrons. The highest BCUT2D eigenvalue weighted by molar-refractivity contribution is 6.22. The summed E-state index contributed by atoms with van der Waals surface area (Å²) < 4.78 is 69.9. The number of halogens is 1. The van der Waals surface area contributed by atoms with Gasteiger partial charge in [0.25, 0.3) is 23.6 Å². The lowest BCUT2D eigenvalue weighted by atomic mass is 9.92. The molecule has 0 unspecified atom stereocenters. The Hall–Kier alpha value is -7.28. The van der Waals surface area contributed by atoms with Gasteiger partial charge in [-0.1, -0.05) is 146 Å². The Bertz CT molecular complexity index is 2860. The number of imide groups is 2. The molecule has 10 rings (SSSR count). The average molecular weight is 1010 g/mol. The third-order valence-electron chi connectivity index (χ3n) is 13.4. The second kappa shape index (κ2) is 22.9. The summed E-state index contributed by atoms with van der Waals surface area (Å²) in [5, 5.41) is 0. The number of esters is 1. The van der Waals surface area contributed by atoms with E-state index in [9.17, 15) is 24.0 Å². The zero-order valence-electron chi connectivity index (χ0n) is 40.3. The van der Waals surface area contributed by atoms with Crippen LogP contribution in [-0.2, 0) is 69.1 Å². The summed E-state index contributed by atoms with van der Waals surface area (Å²) in [5.41, 5.74) is 3.32. The lowest BCUT2D eigenvalue weighted by Gasteiger charge is -2.51. The first-order valence-electron chi connectivity index (χ1n) is 24.4. The highest BCUT2D eigenvalue weighted by atomic mass is 19.1. The van der Waals surface area contributed by atoms with Crippen molar-refractivity contribution in [3.63, 3.8) is 0 Å². The van der Waals surface area contributed by atoms with Crippen LogP contribution in [0.15, 0.2) is 170 Å². The molecule has 6 aromatic rings. The maximum Gasteiger partial charge on any atom is 0.303 e. The maximum atomic E-state index is 17.4. The van der Waals surface area contributed by atoms with Gasteiger partial charge in [-0.05, 0) is 46.5 Å². The van der Waals surface area contributed by atoms with Gasteiger partial charge >= 0.3 is 5.97 Å². The van der Waals surface area contributed by atoms with Gasteiger partial charge in [-0.2, -0.15) is 0 Å². The van der Waals surface area contributed by atoms with E-state index in [1.807, 2.05) is 97.1 Å². The molecule has 0 spiro atoms. The van der Waals surface area contributed by atoms with Gasteiger partial charge in [0.15, 0.2) is 12.4 Å². The van der Waals surface area contributed by atoms with Crippen molar-refractivity contribution < 1.29 is 66.3 Å². The van der Waals surface area contributed by atoms with Gasteiger partial charge in [0.05, 0.1) is 61.9 Å². The van der Waals surface area contributed by atoms with Crippen LogP contribution >= 0.6 is 0 Å². The Balaban J connectivity index is 1.10. The van der Waals surface area contributed by atoms with E-state index in [-0.39, 0.29) is 61.9 Å². The van der Waals surface area contributed by atoms with Crippen molar-refractivity contribution in [3.05, 3.63) is 214 Å². The summed E-state index contributed by atoms with van der Waals surface area (Å²) >= 11 is 0. The fourth-order valence-electron chi connectivity index (χ4n) is 9.95. The predicted molar refractivity (Wildman–Crippen MR) is 263 cm³/mol. The van der Waals surface area contributed by atoms with Gasteiger partial charge in [-0.25, -0.2) is 4.39 Å². The largest absolute Gasteiger partial charge is 0.457 e. The average Bonchev–Trinajstić information content (AvgIpc) is 3.83. The van der Waals surface area contributed by atoms with Gasteiger partial charge < -0.3 is 37.9 Å². The first-order chi connectivity index (χ1) is 36.1. The summed E-state index contributed by atoms with van der Waals surface area (Å²) in [6.45, 7) is 0.604. The number of carbonyl (C=O) groups excluding carboxylic acids is 5. The second-order valence-electron chi connectivity index (χ2n) is 18.3. The second-order valence-corrected chi connectivity index (χ2v) is 18.3. The summed E-state index contributed by atoms with van der Waals surface area (Å²) in [5.74, 6) is -3.70. The molecule has 4 aliphatic heterocycles. The zero-order chi connectivity index (χ0) is 51.1. The Morgan fingerprint density at radius 1 is 0.459 bits per heavy atom. The molecule has 16 heteroatoms. The van der Waals surface area contributed by atoms with E-state index in [2.05, 4.69) is 0 Å². The van der Waals surface area contributed by atoms with Crippen molar-refractivity contribution in [1.29, 1.82) is 0 Å². The van der Waals surface area contributed by atoms with Gasteiger partial charge in [-0.15, -0.1) is 0 Å². The lowest BCUT2D eigenvalue weighted by molar-refractivity contribution is -0.339. The molecule has 4 aliphatic rings. The molecular weight excluding hydrogens is 952 g/mol. The number of ether oxygens (including phenoxy) is 8. The molecule has 0 aromatic heterocycles.